The van der Waals surface area contributed by atoms with Crippen molar-refractivity contribution in [1.29, 1.82) is 0 Å². The number of carbonyl (C=O) groups is 1. The normalized spacial score (nSPS) is 15.0. The van der Waals surface area contributed by atoms with Crippen molar-refractivity contribution in [1.82, 2.24) is 4.90 Å². The highest BCUT2D eigenvalue weighted by atomic mass is 16.3. The van der Waals surface area contributed by atoms with Crippen LogP contribution in [-0.2, 0) is 0 Å². The molecule has 3 rings (SSSR count). The van der Waals surface area contributed by atoms with E-state index in [0.29, 0.717) is 0 Å². The predicted octanol–water partition coefficient (Wildman–Crippen LogP) is 2.18. The topological polar surface area (TPSA) is 98.7 Å². The van der Waals surface area contributed by atoms with E-state index in [-0.39, 0.29) is 40.3 Å². The molecule has 0 heterocycles. The first-order valence-corrected chi connectivity index (χ1v) is 8.80. The lowest BCUT2D eigenvalue weighted by atomic mass is 9.95. The first-order chi connectivity index (χ1) is 12.4. The second-order valence-corrected chi connectivity index (χ2v) is 6.91. The van der Waals surface area contributed by atoms with Crippen LogP contribution < -0.4 is 21.5 Å². The van der Waals surface area contributed by atoms with Gasteiger partial charge in [-0.3, -0.25) is 14.4 Å². The Hall–Kier alpha value is -2.83. The van der Waals surface area contributed by atoms with Crippen LogP contribution in [0.15, 0.2) is 27.8 Å². The highest BCUT2D eigenvalue weighted by Crippen LogP contribution is 2.32. The number of rotatable bonds is 5. The zero-order valence-corrected chi connectivity index (χ0v) is 15.0. The molecule has 2 aromatic rings. The second-order valence-electron chi connectivity index (χ2n) is 6.91. The summed E-state index contributed by atoms with van der Waals surface area (Å²) in [6.07, 6.45) is 5.33. The molecule has 7 nitrogen and oxygen atoms in total. The van der Waals surface area contributed by atoms with Crippen molar-refractivity contribution in [2.24, 2.45) is 0 Å². The summed E-state index contributed by atoms with van der Waals surface area (Å²) in [6, 6.07) is 4.86. The van der Waals surface area contributed by atoms with Crippen LogP contribution in [0, 0.1) is 0 Å². The fraction of sp³-hybridized carbons (Fsp3) is 0.421. The van der Waals surface area contributed by atoms with Crippen LogP contribution >= 0.6 is 0 Å². The summed E-state index contributed by atoms with van der Waals surface area (Å²) in [5.41, 5.74) is -0.405. The average molecular weight is 357 g/mol. The Labute approximate surface area is 151 Å². The number of benzene rings is 1. The van der Waals surface area contributed by atoms with Crippen LogP contribution in [0.25, 0.3) is 0 Å². The molecule has 0 spiro atoms. The second kappa shape index (κ2) is 7.19. The van der Waals surface area contributed by atoms with E-state index in [1.165, 1.54) is 17.4 Å². The molecular formula is C19H23N3O4. The molecule has 0 saturated heterocycles. The molecule has 0 aliphatic heterocycles. The number of amides is 1. The van der Waals surface area contributed by atoms with Gasteiger partial charge < -0.3 is 20.6 Å². The Kier molecular flexibility index (Phi) is 4.97. The lowest BCUT2D eigenvalue weighted by molar-refractivity contribution is 0.0824. The number of hydrogen-bond acceptors (Lipinski definition) is 6. The zero-order chi connectivity index (χ0) is 18.8. The van der Waals surface area contributed by atoms with Crippen molar-refractivity contribution >= 4 is 23.0 Å². The van der Waals surface area contributed by atoms with Gasteiger partial charge in [-0.1, -0.05) is 25.3 Å². The third kappa shape index (κ3) is 3.29. The standard InChI is InChI=1S/C19H23N3O4/c1-22(2)19(26)12-9-6-10-13(16(12)23)21-15-14(17(24)18(15)25)20-11-7-4-3-5-8-11/h6,9-11,20-21,23H,3-5,7-8H2,1-2H3. The first kappa shape index (κ1) is 18.0. The van der Waals surface area contributed by atoms with Gasteiger partial charge in [0.25, 0.3) is 16.8 Å². The summed E-state index contributed by atoms with van der Waals surface area (Å²) in [5.74, 6) is -0.598. The fourth-order valence-electron chi connectivity index (χ4n) is 3.29. The van der Waals surface area contributed by atoms with Crippen molar-refractivity contribution in [3.8, 4) is 5.75 Å². The smallest absolute Gasteiger partial charge is 0.257 e. The number of phenols is 1. The van der Waals surface area contributed by atoms with Crippen LogP contribution in [0.1, 0.15) is 42.5 Å². The van der Waals surface area contributed by atoms with Crippen molar-refractivity contribution in [3.63, 3.8) is 0 Å². The Morgan fingerprint density at radius 2 is 1.73 bits per heavy atom. The van der Waals surface area contributed by atoms with Gasteiger partial charge in [0.05, 0.1) is 11.3 Å². The molecule has 1 fully saturated rings. The highest BCUT2D eigenvalue weighted by Gasteiger charge is 2.25. The molecule has 2 aromatic carbocycles. The third-order valence-corrected chi connectivity index (χ3v) is 4.80. The van der Waals surface area contributed by atoms with Crippen LogP contribution in [0.3, 0.4) is 0 Å². The molecule has 0 atom stereocenters. The molecule has 0 aromatic heterocycles. The Bertz CT molecular complexity index is 891. The molecule has 0 unspecified atom stereocenters. The van der Waals surface area contributed by atoms with Crippen LogP contribution in [0.2, 0.25) is 0 Å². The Morgan fingerprint density at radius 3 is 2.38 bits per heavy atom. The molecule has 26 heavy (non-hydrogen) atoms. The van der Waals surface area contributed by atoms with E-state index in [9.17, 15) is 19.5 Å². The van der Waals surface area contributed by atoms with E-state index < -0.39 is 10.9 Å². The molecule has 0 radical (unpaired) electrons. The SMILES string of the molecule is CN(C)C(=O)c1cccc(Nc2c(NC3CCCCC3)c(=O)c2=O)c1O. The molecule has 1 amide bonds. The lowest BCUT2D eigenvalue weighted by Gasteiger charge is -2.25. The van der Waals surface area contributed by atoms with E-state index in [1.807, 2.05) is 0 Å². The molecular weight excluding hydrogens is 334 g/mol. The van der Waals surface area contributed by atoms with E-state index in [0.717, 1.165) is 25.7 Å². The van der Waals surface area contributed by atoms with Crippen LogP contribution in [-0.4, -0.2) is 36.1 Å². The van der Waals surface area contributed by atoms with Crippen molar-refractivity contribution in [2.75, 3.05) is 24.7 Å². The number of phenolic OH excluding ortho intramolecular Hbond substituents is 1. The van der Waals surface area contributed by atoms with Crippen molar-refractivity contribution in [3.05, 3.63) is 44.2 Å². The fourth-order valence-corrected chi connectivity index (χ4v) is 3.29. The van der Waals surface area contributed by atoms with Crippen LogP contribution in [0.4, 0.5) is 17.1 Å². The number of aromatic hydroxyl groups is 1. The van der Waals surface area contributed by atoms with Gasteiger partial charge in [0.2, 0.25) is 0 Å². The monoisotopic (exact) mass is 357 g/mol. The average Bonchev–Trinajstić information content (AvgIpc) is 2.65. The quantitative estimate of drug-likeness (QED) is 0.560. The van der Waals surface area contributed by atoms with Gasteiger partial charge in [-0.2, -0.15) is 0 Å². The summed E-state index contributed by atoms with van der Waals surface area (Å²) in [5, 5.41) is 16.4. The summed E-state index contributed by atoms with van der Waals surface area (Å²) in [6.45, 7) is 0. The van der Waals surface area contributed by atoms with Crippen LogP contribution in [0.5, 0.6) is 5.75 Å². The van der Waals surface area contributed by atoms with Gasteiger partial charge in [-0.15, -0.1) is 0 Å². The van der Waals surface area contributed by atoms with E-state index in [4.69, 9.17) is 0 Å². The molecule has 1 saturated carbocycles. The summed E-state index contributed by atoms with van der Waals surface area (Å²) in [7, 11) is 3.18. The van der Waals surface area contributed by atoms with Gasteiger partial charge in [0.15, 0.2) is 5.75 Å². The van der Waals surface area contributed by atoms with E-state index in [2.05, 4.69) is 10.6 Å². The lowest BCUT2D eigenvalue weighted by Crippen LogP contribution is -2.39. The maximum Gasteiger partial charge on any atom is 0.257 e. The Morgan fingerprint density at radius 1 is 1.08 bits per heavy atom. The minimum absolute atomic E-state index is 0.125. The molecule has 1 aliphatic carbocycles. The number of para-hydroxylation sites is 1. The number of anilines is 3. The third-order valence-electron chi connectivity index (χ3n) is 4.80. The minimum Gasteiger partial charge on any atom is -0.505 e. The van der Waals surface area contributed by atoms with E-state index in [1.54, 1.807) is 26.2 Å². The molecule has 1 aliphatic rings. The van der Waals surface area contributed by atoms with Crippen molar-refractivity contribution < 1.29 is 9.90 Å². The van der Waals surface area contributed by atoms with Gasteiger partial charge in [-0.05, 0) is 25.0 Å². The summed E-state index contributed by atoms with van der Waals surface area (Å²) >= 11 is 0. The van der Waals surface area contributed by atoms with Gasteiger partial charge in [0, 0.05) is 20.1 Å². The van der Waals surface area contributed by atoms with Gasteiger partial charge in [0.1, 0.15) is 11.4 Å². The molecule has 0 bridgehead atoms. The maximum atomic E-state index is 12.1. The van der Waals surface area contributed by atoms with Gasteiger partial charge >= 0.3 is 0 Å². The van der Waals surface area contributed by atoms with Crippen molar-refractivity contribution in [2.45, 2.75) is 38.1 Å². The summed E-state index contributed by atoms with van der Waals surface area (Å²) < 4.78 is 0. The Balaban J connectivity index is 1.85. The maximum absolute atomic E-state index is 12.1. The summed E-state index contributed by atoms with van der Waals surface area (Å²) in [4.78, 5) is 37.4. The number of hydrogen-bond donors (Lipinski definition) is 3. The number of nitrogens with zero attached hydrogens (tertiary/aromatic N) is 1. The van der Waals surface area contributed by atoms with Gasteiger partial charge in [-0.25, -0.2) is 0 Å². The van der Waals surface area contributed by atoms with E-state index >= 15 is 0 Å². The predicted molar refractivity (Wildman–Crippen MR) is 101 cm³/mol. The highest BCUT2D eigenvalue weighted by molar-refractivity contribution is 5.99. The minimum atomic E-state index is -0.618. The molecule has 3 N–H and O–H groups in total. The number of nitrogens with one attached hydrogen (secondary N) is 2. The molecule has 7 heteroatoms. The number of carbonyl (C=O) groups excluding carboxylic acids is 1. The first-order valence-electron chi connectivity index (χ1n) is 8.80. The molecule has 138 valence electrons. The zero-order valence-electron chi connectivity index (χ0n) is 15.0. The largest absolute Gasteiger partial charge is 0.505 e.